The van der Waals surface area contributed by atoms with Gasteiger partial charge in [-0.1, -0.05) is 62.4 Å². The Hall–Kier alpha value is -3.85. The molecule has 0 aromatic heterocycles. The Morgan fingerprint density at radius 1 is 1.06 bits per heavy atom. The molecule has 166 valence electrons. The molecule has 2 aromatic rings. The van der Waals surface area contributed by atoms with Crippen LogP contribution < -0.4 is 10.6 Å². The molecule has 2 N–H and O–H groups in total. The first-order valence-corrected chi connectivity index (χ1v) is 11.1. The number of carbonyl (C=O) groups excluding carboxylic acids is 2. The molecule has 1 spiro atoms. The van der Waals surface area contributed by atoms with Gasteiger partial charge >= 0.3 is 0 Å². The zero-order valence-corrected chi connectivity index (χ0v) is 18.7. The number of ketones is 1. The van der Waals surface area contributed by atoms with Crippen molar-refractivity contribution in [2.24, 2.45) is 11.1 Å². The molecule has 1 atom stereocenters. The minimum atomic E-state index is -1.56. The van der Waals surface area contributed by atoms with Gasteiger partial charge in [0.2, 0.25) is 11.8 Å². The Morgan fingerprint density at radius 2 is 1.76 bits per heavy atom. The molecular formula is C27H25N3O3. The second-order valence-electron chi connectivity index (χ2n) is 9.65. The Morgan fingerprint density at radius 3 is 2.48 bits per heavy atom. The maximum atomic E-state index is 14.3. The lowest BCUT2D eigenvalue weighted by Gasteiger charge is -2.41. The van der Waals surface area contributed by atoms with Crippen molar-refractivity contribution >= 4 is 17.4 Å². The van der Waals surface area contributed by atoms with E-state index in [4.69, 9.17) is 10.5 Å². The molecule has 1 amide bonds. The van der Waals surface area contributed by atoms with Crippen molar-refractivity contribution < 1.29 is 14.3 Å². The number of nitriles is 1. The fourth-order valence-corrected chi connectivity index (χ4v) is 5.45. The zero-order chi connectivity index (χ0) is 23.4. The maximum Gasteiger partial charge on any atom is 0.247 e. The Balaban J connectivity index is 1.70. The van der Waals surface area contributed by atoms with Crippen molar-refractivity contribution in [2.45, 2.75) is 38.5 Å². The second kappa shape index (κ2) is 7.35. The number of hydrogen-bond acceptors (Lipinski definition) is 5. The number of hydrogen-bond donors (Lipinski definition) is 1. The topological polar surface area (TPSA) is 96.4 Å². The summed E-state index contributed by atoms with van der Waals surface area (Å²) in [5.41, 5.74) is 7.03. The van der Waals surface area contributed by atoms with E-state index in [2.05, 4.69) is 6.07 Å². The molecule has 3 aliphatic rings. The molecule has 0 bridgehead atoms. The van der Waals surface area contributed by atoms with Gasteiger partial charge in [0.1, 0.15) is 22.8 Å². The van der Waals surface area contributed by atoms with Crippen LogP contribution in [-0.4, -0.2) is 18.2 Å². The van der Waals surface area contributed by atoms with Crippen LogP contribution in [0.5, 0.6) is 0 Å². The highest BCUT2D eigenvalue weighted by Gasteiger charge is 2.62. The summed E-state index contributed by atoms with van der Waals surface area (Å²) in [7, 11) is 0. The van der Waals surface area contributed by atoms with E-state index in [-0.39, 0.29) is 40.6 Å². The zero-order valence-electron chi connectivity index (χ0n) is 18.7. The number of allylic oxidation sites excluding steroid dienone is 1. The van der Waals surface area contributed by atoms with Crippen LogP contribution in [0.4, 0.5) is 5.69 Å². The van der Waals surface area contributed by atoms with E-state index in [0.29, 0.717) is 36.4 Å². The Labute approximate surface area is 192 Å². The Bertz CT molecular complexity index is 1280. The average Bonchev–Trinajstić information content (AvgIpc) is 3.00. The lowest BCUT2D eigenvalue weighted by atomic mass is 9.62. The van der Waals surface area contributed by atoms with Gasteiger partial charge in [-0.25, -0.2) is 0 Å². The number of benzene rings is 2. The van der Waals surface area contributed by atoms with Crippen molar-refractivity contribution in [1.82, 2.24) is 0 Å². The number of ether oxygens (including phenoxy) is 1. The quantitative estimate of drug-likeness (QED) is 0.783. The first-order valence-electron chi connectivity index (χ1n) is 11.1. The smallest absolute Gasteiger partial charge is 0.247 e. The van der Waals surface area contributed by atoms with Gasteiger partial charge in [-0.2, -0.15) is 5.26 Å². The lowest BCUT2D eigenvalue weighted by molar-refractivity contribution is -0.125. The fourth-order valence-electron chi connectivity index (χ4n) is 5.45. The molecule has 5 rings (SSSR count). The van der Waals surface area contributed by atoms with E-state index in [9.17, 15) is 14.9 Å². The summed E-state index contributed by atoms with van der Waals surface area (Å²) >= 11 is 0. The third-order valence-electron chi connectivity index (χ3n) is 6.81. The van der Waals surface area contributed by atoms with Crippen LogP contribution in [0.3, 0.4) is 0 Å². The molecule has 0 fully saturated rings. The molecule has 2 heterocycles. The number of nitrogens with two attached hydrogens (primary N) is 1. The van der Waals surface area contributed by atoms with Gasteiger partial charge < -0.3 is 15.4 Å². The second-order valence-corrected chi connectivity index (χ2v) is 9.65. The number of para-hydroxylation sites is 1. The molecule has 2 aliphatic heterocycles. The van der Waals surface area contributed by atoms with E-state index in [1.807, 2.05) is 68.4 Å². The van der Waals surface area contributed by atoms with Crippen molar-refractivity contribution in [3.63, 3.8) is 0 Å². The van der Waals surface area contributed by atoms with E-state index < -0.39 is 5.41 Å². The monoisotopic (exact) mass is 439 g/mol. The van der Waals surface area contributed by atoms with Gasteiger partial charge in [0.15, 0.2) is 5.78 Å². The summed E-state index contributed by atoms with van der Waals surface area (Å²) in [5.74, 6) is -0.187. The van der Waals surface area contributed by atoms with Gasteiger partial charge in [0.05, 0.1) is 5.57 Å². The maximum absolute atomic E-state index is 14.3. The lowest BCUT2D eigenvalue weighted by Crippen LogP contribution is -2.50. The predicted octanol–water partition coefficient (Wildman–Crippen LogP) is 3.88. The van der Waals surface area contributed by atoms with Gasteiger partial charge in [-0.3, -0.25) is 9.59 Å². The van der Waals surface area contributed by atoms with Crippen LogP contribution in [0.15, 0.2) is 77.4 Å². The third-order valence-corrected chi connectivity index (χ3v) is 6.81. The largest absolute Gasteiger partial charge is 0.444 e. The summed E-state index contributed by atoms with van der Waals surface area (Å²) in [6.45, 7) is 4.39. The average molecular weight is 440 g/mol. The van der Waals surface area contributed by atoms with E-state index >= 15 is 0 Å². The molecular weight excluding hydrogens is 414 g/mol. The van der Waals surface area contributed by atoms with Crippen molar-refractivity contribution in [3.8, 4) is 6.07 Å². The fraction of sp³-hybridized carbons (Fsp3) is 0.296. The summed E-state index contributed by atoms with van der Waals surface area (Å²) < 4.78 is 5.84. The summed E-state index contributed by atoms with van der Waals surface area (Å²) in [5, 5.41) is 10.1. The number of anilines is 1. The van der Waals surface area contributed by atoms with E-state index in [1.54, 1.807) is 4.90 Å². The van der Waals surface area contributed by atoms with Crippen molar-refractivity contribution in [3.05, 3.63) is 88.5 Å². The van der Waals surface area contributed by atoms with Crippen molar-refractivity contribution in [1.29, 1.82) is 5.26 Å². The summed E-state index contributed by atoms with van der Waals surface area (Å²) in [4.78, 5) is 29.5. The minimum Gasteiger partial charge on any atom is -0.444 e. The SMILES string of the molecule is CC1(C)CC(=O)C2=C(C1)OC(N)=C(C#N)[C@@]21C(=O)N(CCc2ccccc2)c2ccccc21. The molecule has 2 aromatic carbocycles. The standard InChI is InChI=1S/C27H25N3O3/c1-26(2)14-21(31)23-22(15-26)33-24(29)19(16-28)27(23)18-10-6-7-11-20(18)30(25(27)32)13-12-17-8-4-3-5-9-17/h3-11H,12-15,29H2,1-2H3/t27-/m1/s1. The number of carbonyl (C=O) groups is 2. The summed E-state index contributed by atoms with van der Waals surface area (Å²) in [6, 6.07) is 19.4. The normalized spacial score (nSPS) is 23.4. The first-order chi connectivity index (χ1) is 15.8. The highest BCUT2D eigenvalue weighted by Crippen LogP contribution is 2.57. The molecule has 6 heteroatoms. The molecule has 0 unspecified atom stereocenters. The van der Waals surface area contributed by atoms with Gasteiger partial charge in [-0.05, 0) is 23.5 Å². The highest BCUT2D eigenvalue weighted by atomic mass is 16.5. The minimum absolute atomic E-state index is 0.00559. The van der Waals surface area contributed by atoms with Gasteiger partial charge in [0, 0.05) is 30.6 Å². The molecule has 0 radical (unpaired) electrons. The van der Waals surface area contributed by atoms with Crippen LogP contribution in [0, 0.1) is 16.7 Å². The third kappa shape index (κ3) is 3.00. The first kappa shape index (κ1) is 21.0. The van der Waals surface area contributed by atoms with E-state index in [1.165, 1.54) is 0 Å². The van der Waals surface area contributed by atoms with Crippen LogP contribution in [-0.2, 0) is 26.2 Å². The number of amides is 1. The molecule has 33 heavy (non-hydrogen) atoms. The highest BCUT2D eigenvalue weighted by molar-refractivity contribution is 6.20. The number of Topliss-reactive ketones (excluding diaryl/α,β-unsaturated/α-hetero) is 1. The van der Waals surface area contributed by atoms with Gasteiger partial charge in [-0.15, -0.1) is 0 Å². The predicted molar refractivity (Wildman–Crippen MR) is 124 cm³/mol. The van der Waals surface area contributed by atoms with Gasteiger partial charge in [0.25, 0.3) is 0 Å². The van der Waals surface area contributed by atoms with Crippen LogP contribution in [0.25, 0.3) is 0 Å². The summed E-state index contributed by atoms with van der Waals surface area (Å²) in [6.07, 6.45) is 1.38. The molecule has 1 aliphatic carbocycles. The molecule has 0 saturated heterocycles. The van der Waals surface area contributed by atoms with Crippen LogP contribution >= 0.6 is 0 Å². The number of nitrogens with zero attached hydrogens (tertiary/aromatic N) is 2. The number of rotatable bonds is 3. The molecule has 0 saturated carbocycles. The van der Waals surface area contributed by atoms with Crippen LogP contribution in [0.2, 0.25) is 0 Å². The number of fused-ring (bicyclic) bond motifs is 3. The van der Waals surface area contributed by atoms with E-state index in [0.717, 1.165) is 5.56 Å². The van der Waals surface area contributed by atoms with Crippen molar-refractivity contribution in [2.75, 3.05) is 11.4 Å². The Kier molecular flexibility index (Phi) is 4.68. The van der Waals surface area contributed by atoms with Crippen LogP contribution in [0.1, 0.15) is 37.8 Å². The molecule has 6 nitrogen and oxygen atoms in total.